The highest BCUT2D eigenvalue weighted by Gasteiger charge is 2.47. The third-order valence-electron chi connectivity index (χ3n) is 8.18. The molecule has 0 saturated heterocycles. The molecule has 13 heteroatoms. The molecule has 1 aromatic carbocycles. The van der Waals surface area contributed by atoms with Gasteiger partial charge in [-0.1, -0.05) is 63.7 Å². The van der Waals surface area contributed by atoms with Gasteiger partial charge in [0, 0.05) is 29.4 Å². The molecule has 0 aliphatic heterocycles. The Bertz CT molecular complexity index is 1460. The first kappa shape index (κ1) is 30.6. The number of amides is 3. The number of rotatable bonds is 10. The maximum atomic E-state index is 14.3. The predicted molar refractivity (Wildman–Crippen MR) is 155 cm³/mol. The van der Waals surface area contributed by atoms with Crippen molar-refractivity contribution in [1.82, 2.24) is 31.1 Å². The molecule has 0 bridgehead atoms. The van der Waals surface area contributed by atoms with Gasteiger partial charge in [-0.15, -0.1) is 10.2 Å². The first-order chi connectivity index (χ1) is 19.4. The molecular formula is C28H36Cl2N6O5. The molecule has 2 unspecified atom stereocenters. The molecule has 4 rings (SSSR count). The van der Waals surface area contributed by atoms with Crippen molar-refractivity contribution in [3.05, 3.63) is 45.2 Å². The summed E-state index contributed by atoms with van der Waals surface area (Å²) >= 11 is 12.8. The lowest BCUT2D eigenvalue weighted by Crippen LogP contribution is -2.65. The SMILES string of the molecule is CCC(C)C(NC(=O)O)C(=O)N[C@]1(C(=O)N[C@H](c2nnc(C)o2)[C@@H](C)CC)CCc2[nH]c3c(Cl)cc(Cl)cc3c2C1. The van der Waals surface area contributed by atoms with E-state index in [2.05, 4.69) is 31.1 Å². The van der Waals surface area contributed by atoms with Crippen molar-refractivity contribution in [3.63, 3.8) is 0 Å². The number of carboxylic acid groups (broad SMARTS) is 1. The van der Waals surface area contributed by atoms with E-state index in [1.54, 1.807) is 26.0 Å². The zero-order valence-corrected chi connectivity index (χ0v) is 25.2. The van der Waals surface area contributed by atoms with E-state index in [4.69, 9.17) is 27.6 Å². The van der Waals surface area contributed by atoms with E-state index in [1.807, 2.05) is 20.8 Å². The predicted octanol–water partition coefficient (Wildman–Crippen LogP) is 5.10. The fourth-order valence-electron chi connectivity index (χ4n) is 5.38. The Morgan fingerprint density at radius 1 is 1.12 bits per heavy atom. The Morgan fingerprint density at radius 2 is 1.83 bits per heavy atom. The van der Waals surface area contributed by atoms with Crippen molar-refractivity contribution >= 4 is 52.0 Å². The van der Waals surface area contributed by atoms with Gasteiger partial charge in [0.05, 0.1) is 10.5 Å². The van der Waals surface area contributed by atoms with Crippen molar-refractivity contribution < 1.29 is 23.9 Å². The van der Waals surface area contributed by atoms with Crippen LogP contribution in [0.3, 0.4) is 0 Å². The Hall–Kier alpha value is -3.31. The van der Waals surface area contributed by atoms with Crippen LogP contribution in [0.5, 0.6) is 0 Å². The van der Waals surface area contributed by atoms with Crippen LogP contribution < -0.4 is 16.0 Å². The number of aromatic nitrogens is 3. The van der Waals surface area contributed by atoms with Crippen LogP contribution in [-0.2, 0) is 22.4 Å². The first-order valence-corrected chi connectivity index (χ1v) is 14.6. The quantitative estimate of drug-likeness (QED) is 0.214. The summed E-state index contributed by atoms with van der Waals surface area (Å²) in [6, 6.07) is 1.77. The van der Waals surface area contributed by atoms with Gasteiger partial charge < -0.3 is 30.5 Å². The van der Waals surface area contributed by atoms with Crippen LogP contribution in [0.25, 0.3) is 10.9 Å². The van der Waals surface area contributed by atoms with Gasteiger partial charge in [-0.05, 0) is 42.4 Å². The second-order valence-corrected chi connectivity index (χ2v) is 11.8. The molecule has 0 fully saturated rings. The van der Waals surface area contributed by atoms with Crippen LogP contribution in [0.1, 0.15) is 76.0 Å². The topological polar surface area (TPSA) is 162 Å². The summed E-state index contributed by atoms with van der Waals surface area (Å²) in [4.78, 5) is 43.0. The summed E-state index contributed by atoms with van der Waals surface area (Å²) in [7, 11) is 0. The normalized spacial score (nSPS) is 19.6. The Labute approximate surface area is 248 Å². The number of nitrogens with one attached hydrogen (secondary N) is 4. The highest BCUT2D eigenvalue weighted by Crippen LogP contribution is 2.39. The number of nitrogens with zero attached hydrogens (tertiary/aromatic N) is 2. The van der Waals surface area contributed by atoms with Crippen LogP contribution in [0, 0.1) is 18.8 Å². The van der Waals surface area contributed by atoms with Gasteiger partial charge in [0.2, 0.25) is 23.6 Å². The molecule has 5 atom stereocenters. The van der Waals surface area contributed by atoms with Crippen LogP contribution in [0.15, 0.2) is 16.5 Å². The number of halogens is 2. The summed E-state index contributed by atoms with van der Waals surface area (Å²) in [5, 5.41) is 27.6. The van der Waals surface area contributed by atoms with Gasteiger partial charge in [-0.25, -0.2) is 4.79 Å². The van der Waals surface area contributed by atoms with Gasteiger partial charge >= 0.3 is 6.09 Å². The summed E-state index contributed by atoms with van der Waals surface area (Å²) in [5.74, 6) is -0.734. The average Bonchev–Trinajstić information content (AvgIpc) is 3.52. The lowest BCUT2D eigenvalue weighted by atomic mass is 9.78. The van der Waals surface area contributed by atoms with Crippen LogP contribution in [0.4, 0.5) is 4.79 Å². The zero-order chi connectivity index (χ0) is 30.1. The first-order valence-electron chi connectivity index (χ1n) is 13.8. The molecule has 1 aliphatic carbocycles. The molecule has 0 radical (unpaired) electrons. The number of hydrogen-bond donors (Lipinski definition) is 5. The van der Waals surface area contributed by atoms with Crippen molar-refractivity contribution in [2.45, 2.75) is 84.3 Å². The number of hydrogen-bond acceptors (Lipinski definition) is 6. The summed E-state index contributed by atoms with van der Waals surface area (Å²) < 4.78 is 5.69. The third kappa shape index (κ3) is 6.30. The lowest BCUT2D eigenvalue weighted by molar-refractivity contribution is -0.136. The minimum absolute atomic E-state index is 0.0575. The van der Waals surface area contributed by atoms with Gasteiger partial charge in [0.25, 0.3) is 0 Å². The Balaban J connectivity index is 1.77. The second kappa shape index (κ2) is 12.3. The number of benzene rings is 1. The molecule has 41 heavy (non-hydrogen) atoms. The molecule has 11 nitrogen and oxygen atoms in total. The van der Waals surface area contributed by atoms with E-state index in [0.717, 1.165) is 16.6 Å². The molecule has 0 saturated carbocycles. The Morgan fingerprint density at radius 3 is 2.44 bits per heavy atom. The van der Waals surface area contributed by atoms with E-state index in [1.165, 1.54) is 0 Å². The molecular weight excluding hydrogens is 571 g/mol. The van der Waals surface area contributed by atoms with Gasteiger partial charge in [-0.2, -0.15) is 0 Å². The third-order valence-corrected chi connectivity index (χ3v) is 8.70. The molecule has 2 heterocycles. The standard InChI is InChI=1S/C28H36Cl2N6O5/c1-6-13(3)21(33-27(39)40)24(37)34-28(26(38)32-22(14(4)7-2)25-36-35-15(5)41-25)9-8-20-18(12-28)17-10-16(29)11-19(30)23(17)31-20/h10-11,13-14,21-22,31,33H,6-9,12H2,1-5H3,(H,32,38)(H,34,37)(H,39,40)/t13?,14-,21?,22-,28+/m0/s1. The molecule has 1 aliphatic rings. The molecule has 2 aromatic heterocycles. The van der Waals surface area contributed by atoms with Gasteiger partial charge in [-0.3, -0.25) is 9.59 Å². The van der Waals surface area contributed by atoms with E-state index in [0.29, 0.717) is 40.7 Å². The molecule has 3 aromatic rings. The largest absolute Gasteiger partial charge is 0.465 e. The number of carbonyl (C=O) groups is 3. The van der Waals surface area contributed by atoms with Crippen molar-refractivity contribution in [1.29, 1.82) is 0 Å². The number of H-pyrrole nitrogens is 1. The molecule has 3 amide bonds. The highest BCUT2D eigenvalue weighted by molar-refractivity contribution is 6.38. The second-order valence-electron chi connectivity index (χ2n) is 10.9. The van der Waals surface area contributed by atoms with Crippen molar-refractivity contribution in [2.24, 2.45) is 11.8 Å². The average molecular weight is 608 g/mol. The summed E-state index contributed by atoms with van der Waals surface area (Å²) in [6.45, 7) is 9.28. The minimum atomic E-state index is -1.42. The van der Waals surface area contributed by atoms with E-state index in [9.17, 15) is 19.5 Å². The number of carbonyl (C=O) groups excluding carboxylic acids is 2. The fraction of sp³-hybridized carbons (Fsp3) is 0.536. The van der Waals surface area contributed by atoms with Crippen molar-refractivity contribution in [3.8, 4) is 0 Å². The molecule has 0 spiro atoms. The fourth-order valence-corrected chi connectivity index (χ4v) is 5.92. The zero-order valence-electron chi connectivity index (χ0n) is 23.7. The van der Waals surface area contributed by atoms with E-state index < -0.39 is 35.5 Å². The maximum absolute atomic E-state index is 14.3. The maximum Gasteiger partial charge on any atom is 0.405 e. The lowest BCUT2D eigenvalue weighted by Gasteiger charge is -2.39. The minimum Gasteiger partial charge on any atom is -0.465 e. The van der Waals surface area contributed by atoms with Crippen LogP contribution >= 0.6 is 23.2 Å². The number of fused-ring (bicyclic) bond motifs is 3. The highest BCUT2D eigenvalue weighted by atomic mass is 35.5. The summed E-state index contributed by atoms with van der Waals surface area (Å²) in [6.07, 6.45) is 0.764. The van der Waals surface area contributed by atoms with Crippen molar-refractivity contribution in [2.75, 3.05) is 0 Å². The van der Waals surface area contributed by atoms with Gasteiger partial charge in [0.1, 0.15) is 17.6 Å². The number of aryl methyl sites for hydroxylation is 2. The smallest absolute Gasteiger partial charge is 0.405 e. The van der Waals surface area contributed by atoms with E-state index >= 15 is 0 Å². The summed E-state index contributed by atoms with van der Waals surface area (Å²) in [5.41, 5.74) is 0.995. The van der Waals surface area contributed by atoms with Gasteiger partial charge in [0.15, 0.2) is 0 Å². The monoisotopic (exact) mass is 606 g/mol. The van der Waals surface area contributed by atoms with Crippen LogP contribution in [0.2, 0.25) is 10.0 Å². The molecule has 5 N–H and O–H groups in total. The van der Waals surface area contributed by atoms with E-state index in [-0.39, 0.29) is 30.6 Å². The van der Waals surface area contributed by atoms with Crippen LogP contribution in [-0.4, -0.2) is 49.8 Å². The molecule has 222 valence electrons. The number of aromatic amines is 1. The Kier molecular flexibility index (Phi) is 9.18.